The SMILES string of the molecule is O=C(NCCNc1ccccn1)N1CCc2sccc2C1. The van der Waals surface area contributed by atoms with Gasteiger partial charge in [0.05, 0.1) is 0 Å². The van der Waals surface area contributed by atoms with Crippen LogP contribution in [0.3, 0.4) is 0 Å². The molecule has 6 heteroatoms. The van der Waals surface area contributed by atoms with Crippen molar-refractivity contribution in [3.63, 3.8) is 0 Å². The van der Waals surface area contributed by atoms with Gasteiger partial charge in [0, 0.05) is 37.3 Å². The van der Waals surface area contributed by atoms with Gasteiger partial charge in [-0.05, 0) is 35.6 Å². The summed E-state index contributed by atoms with van der Waals surface area (Å²) < 4.78 is 0. The second kappa shape index (κ2) is 6.58. The second-order valence-corrected chi connectivity index (χ2v) is 5.91. The summed E-state index contributed by atoms with van der Waals surface area (Å²) in [7, 11) is 0. The molecule has 5 nitrogen and oxygen atoms in total. The Labute approximate surface area is 128 Å². The van der Waals surface area contributed by atoms with E-state index in [-0.39, 0.29) is 6.03 Å². The molecule has 2 amide bonds. The fraction of sp³-hybridized carbons (Fsp3) is 0.333. The van der Waals surface area contributed by atoms with Crippen LogP contribution in [0, 0.1) is 0 Å². The molecule has 21 heavy (non-hydrogen) atoms. The van der Waals surface area contributed by atoms with Crippen molar-refractivity contribution in [2.24, 2.45) is 0 Å². The Balaban J connectivity index is 1.41. The number of amides is 2. The second-order valence-electron chi connectivity index (χ2n) is 4.91. The van der Waals surface area contributed by atoms with Crippen LogP contribution in [0.1, 0.15) is 10.4 Å². The van der Waals surface area contributed by atoms with Crippen molar-refractivity contribution in [1.82, 2.24) is 15.2 Å². The van der Waals surface area contributed by atoms with Crippen molar-refractivity contribution in [3.05, 3.63) is 46.3 Å². The summed E-state index contributed by atoms with van der Waals surface area (Å²) in [5.74, 6) is 0.827. The number of nitrogens with zero attached hydrogens (tertiary/aromatic N) is 2. The van der Waals surface area contributed by atoms with E-state index >= 15 is 0 Å². The number of urea groups is 1. The smallest absolute Gasteiger partial charge is 0.317 e. The van der Waals surface area contributed by atoms with Gasteiger partial charge < -0.3 is 15.5 Å². The first-order valence-electron chi connectivity index (χ1n) is 7.06. The molecule has 110 valence electrons. The predicted molar refractivity (Wildman–Crippen MR) is 84.6 cm³/mol. The molecule has 0 saturated heterocycles. The molecule has 0 saturated carbocycles. The van der Waals surface area contributed by atoms with E-state index in [1.54, 1.807) is 17.5 Å². The van der Waals surface area contributed by atoms with E-state index in [2.05, 4.69) is 27.1 Å². The Bertz CT molecular complexity index is 599. The molecule has 0 atom stereocenters. The lowest BCUT2D eigenvalue weighted by atomic mass is 10.1. The average molecular weight is 302 g/mol. The van der Waals surface area contributed by atoms with Gasteiger partial charge in [-0.1, -0.05) is 6.07 Å². The number of aromatic nitrogens is 1. The van der Waals surface area contributed by atoms with Crippen LogP contribution in [-0.4, -0.2) is 35.5 Å². The van der Waals surface area contributed by atoms with E-state index in [0.29, 0.717) is 13.1 Å². The molecular weight excluding hydrogens is 284 g/mol. The minimum absolute atomic E-state index is 0.00895. The van der Waals surface area contributed by atoms with E-state index in [9.17, 15) is 4.79 Å². The molecular formula is C15H18N4OS. The van der Waals surface area contributed by atoms with Crippen LogP contribution in [-0.2, 0) is 13.0 Å². The van der Waals surface area contributed by atoms with E-state index in [1.165, 1.54) is 10.4 Å². The number of pyridine rings is 1. The maximum Gasteiger partial charge on any atom is 0.317 e. The fourth-order valence-corrected chi connectivity index (χ4v) is 3.25. The van der Waals surface area contributed by atoms with Gasteiger partial charge in [0.25, 0.3) is 0 Å². The number of hydrogen-bond donors (Lipinski definition) is 2. The lowest BCUT2D eigenvalue weighted by Crippen LogP contribution is -2.43. The standard InChI is InChI=1S/C15H18N4OS/c20-15(18-8-7-17-14-3-1-2-6-16-14)19-9-4-13-12(11-19)5-10-21-13/h1-3,5-6,10H,4,7-9,11H2,(H,16,17)(H,18,20). The highest BCUT2D eigenvalue weighted by Gasteiger charge is 2.20. The van der Waals surface area contributed by atoms with Crippen LogP contribution in [0.15, 0.2) is 35.8 Å². The van der Waals surface area contributed by atoms with Gasteiger partial charge in [0.2, 0.25) is 0 Å². The largest absolute Gasteiger partial charge is 0.368 e. The Hall–Kier alpha value is -2.08. The van der Waals surface area contributed by atoms with Gasteiger partial charge in [-0.2, -0.15) is 0 Å². The first kappa shape index (κ1) is 13.9. The van der Waals surface area contributed by atoms with Crippen molar-refractivity contribution in [2.75, 3.05) is 25.0 Å². The fourth-order valence-electron chi connectivity index (χ4n) is 2.36. The van der Waals surface area contributed by atoms with Gasteiger partial charge in [-0.15, -0.1) is 11.3 Å². The maximum atomic E-state index is 12.1. The number of thiophene rings is 1. The highest BCUT2D eigenvalue weighted by Crippen LogP contribution is 2.23. The van der Waals surface area contributed by atoms with Crippen molar-refractivity contribution >= 4 is 23.2 Å². The number of rotatable bonds is 4. The van der Waals surface area contributed by atoms with E-state index < -0.39 is 0 Å². The summed E-state index contributed by atoms with van der Waals surface area (Å²) in [5, 5.41) is 8.22. The Kier molecular flexibility index (Phi) is 4.35. The van der Waals surface area contributed by atoms with Gasteiger partial charge in [0.15, 0.2) is 0 Å². The number of hydrogen-bond acceptors (Lipinski definition) is 4. The normalized spacial score (nSPS) is 13.6. The summed E-state index contributed by atoms with van der Waals surface area (Å²) in [6.45, 7) is 2.77. The van der Waals surface area contributed by atoms with Crippen LogP contribution in [0.25, 0.3) is 0 Å². The van der Waals surface area contributed by atoms with Crippen LogP contribution >= 0.6 is 11.3 Å². The molecule has 0 bridgehead atoms. The van der Waals surface area contributed by atoms with Gasteiger partial charge in [-0.3, -0.25) is 0 Å². The van der Waals surface area contributed by atoms with Gasteiger partial charge >= 0.3 is 6.03 Å². The molecule has 3 rings (SSSR count). The summed E-state index contributed by atoms with van der Waals surface area (Å²) in [5.41, 5.74) is 1.29. The minimum Gasteiger partial charge on any atom is -0.368 e. The zero-order valence-corrected chi connectivity index (χ0v) is 12.5. The molecule has 1 aliphatic rings. The molecule has 0 aromatic carbocycles. The van der Waals surface area contributed by atoms with E-state index in [4.69, 9.17) is 0 Å². The number of fused-ring (bicyclic) bond motifs is 1. The van der Waals surface area contributed by atoms with Crippen LogP contribution in [0.4, 0.5) is 10.6 Å². The molecule has 0 unspecified atom stereocenters. The molecule has 0 radical (unpaired) electrons. The lowest BCUT2D eigenvalue weighted by Gasteiger charge is -2.27. The monoisotopic (exact) mass is 302 g/mol. The molecule has 2 aromatic rings. The Morgan fingerprint density at radius 1 is 1.33 bits per heavy atom. The Morgan fingerprint density at radius 2 is 2.29 bits per heavy atom. The van der Waals surface area contributed by atoms with Crippen molar-refractivity contribution in [3.8, 4) is 0 Å². The summed E-state index contributed by atoms with van der Waals surface area (Å²) in [6, 6.07) is 7.84. The number of carbonyl (C=O) groups is 1. The van der Waals surface area contributed by atoms with E-state index in [0.717, 1.165) is 25.3 Å². The highest BCUT2D eigenvalue weighted by atomic mass is 32.1. The highest BCUT2D eigenvalue weighted by molar-refractivity contribution is 7.10. The molecule has 0 aliphatic carbocycles. The third-order valence-corrected chi connectivity index (χ3v) is 4.49. The zero-order chi connectivity index (χ0) is 14.5. The van der Waals surface area contributed by atoms with Gasteiger partial charge in [-0.25, -0.2) is 9.78 Å². The lowest BCUT2D eigenvalue weighted by molar-refractivity contribution is 0.193. The Morgan fingerprint density at radius 3 is 3.14 bits per heavy atom. The average Bonchev–Trinajstić information content (AvgIpc) is 3.00. The predicted octanol–water partition coefficient (Wildman–Crippen LogP) is 2.32. The first-order valence-corrected chi connectivity index (χ1v) is 7.94. The van der Waals surface area contributed by atoms with Crippen molar-refractivity contribution < 1.29 is 4.79 Å². The third-order valence-electron chi connectivity index (χ3n) is 3.47. The third kappa shape index (κ3) is 3.52. The first-order chi connectivity index (χ1) is 10.3. The summed E-state index contributed by atoms with van der Waals surface area (Å²) >= 11 is 1.78. The molecule has 2 aromatic heterocycles. The summed E-state index contributed by atoms with van der Waals surface area (Å²) in [6.07, 6.45) is 2.71. The molecule has 0 fully saturated rings. The molecule has 0 spiro atoms. The zero-order valence-electron chi connectivity index (χ0n) is 11.7. The number of nitrogens with one attached hydrogen (secondary N) is 2. The van der Waals surface area contributed by atoms with E-state index in [1.807, 2.05) is 23.1 Å². The molecule has 1 aliphatic heterocycles. The maximum absolute atomic E-state index is 12.1. The van der Waals surface area contributed by atoms with Gasteiger partial charge in [0.1, 0.15) is 5.82 Å². The topological polar surface area (TPSA) is 57.3 Å². The number of carbonyl (C=O) groups excluding carboxylic acids is 1. The number of anilines is 1. The quantitative estimate of drug-likeness (QED) is 0.852. The van der Waals surface area contributed by atoms with Crippen LogP contribution in [0.5, 0.6) is 0 Å². The van der Waals surface area contributed by atoms with Crippen LogP contribution < -0.4 is 10.6 Å². The van der Waals surface area contributed by atoms with Crippen molar-refractivity contribution in [2.45, 2.75) is 13.0 Å². The molecule has 3 heterocycles. The van der Waals surface area contributed by atoms with Crippen LogP contribution in [0.2, 0.25) is 0 Å². The van der Waals surface area contributed by atoms with Crippen molar-refractivity contribution in [1.29, 1.82) is 0 Å². The minimum atomic E-state index is 0.00895. The molecule has 2 N–H and O–H groups in total. The summed E-state index contributed by atoms with van der Waals surface area (Å²) in [4.78, 5) is 19.6.